The van der Waals surface area contributed by atoms with Gasteiger partial charge in [-0.25, -0.2) is 9.97 Å². The Morgan fingerprint density at radius 2 is 1.76 bits per heavy atom. The van der Waals surface area contributed by atoms with Gasteiger partial charge in [0.15, 0.2) is 5.13 Å². The van der Waals surface area contributed by atoms with Crippen LogP contribution >= 0.6 is 22.7 Å². The Balaban J connectivity index is 1.38. The zero-order valence-corrected chi connectivity index (χ0v) is 17.6. The second kappa shape index (κ2) is 8.41. The number of aromatic nitrogens is 2. The van der Waals surface area contributed by atoms with Gasteiger partial charge in [0.05, 0.1) is 17.0 Å². The summed E-state index contributed by atoms with van der Waals surface area (Å²) >= 11 is 3.16. The van der Waals surface area contributed by atoms with Gasteiger partial charge in [-0.05, 0) is 25.5 Å². The van der Waals surface area contributed by atoms with Crippen molar-refractivity contribution in [3.05, 3.63) is 52.0 Å². The molecule has 3 heterocycles. The molecule has 3 aromatic rings. The van der Waals surface area contributed by atoms with E-state index < -0.39 is 11.7 Å². The van der Waals surface area contributed by atoms with Gasteiger partial charge in [-0.2, -0.15) is 13.2 Å². The standard InChI is InChI=1S/C20H21F3N4S2/c1-14-12-29-19(24-14)27-8-2-7-26(9-10-27)11-17-13-28-18(25-17)15-3-5-16(6-4-15)20(21,22)23/h3-6,12-13H,2,7-11H2,1H3. The van der Waals surface area contributed by atoms with Gasteiger partial charge in [-0.15, -0.1) is 22.7 Å². The van der Waals surface area contributed by atoms with E-state index in [-0.39, 0.29) is 0 Å². The lowest BCUT2D eigenvalue weighted by Gasteiger charge is -2.20. The Morgan fingerprint density at radius 1 is 0.966 bits per heavy atom. The minimum atomic E-state index is -4.31. The lowest BCUT2D eigenvalue weighted by molar-refractivity contribution is -0.137. The van der Waals surface area contributed by atoms with Gasteiger partial charge in [0.25, 0.3) is 0 Å². The minimum Gasteiger partial charge on any atom is -0.347 e. The first-order valence-electron chi connectivity index (χ1n) is 9.40. The van der Waals surface area contributed by atoms with Crippen molar-refractivity contribution in [2.75, 3.05) is 31.1 Å². The van der Waals surface area contributed by atoms with Crippen molar-refractivity contribution in [2.45, 2.75) is 26.1 Å². The third-order valence-electron chi connectivity index (χ3n) is 4.86. The number of aryl methyl sites for hydroxylation is 1. The highest BCUT2D eigenvalue weighted by Gasteiger charge is 2.30. The molecule has 9 heteroatoms. The molecule has 0 unspecified atom stereocenters. The summed E-state index contributed by atoms with van der Waals surface area (Å²) in [5.74, 6) is 0. The molecule has 154 valence electrons. The average Bonchev–Trinajstić information content (AvgIpc) is 3.26. The normalized spacial score (nSPS) is 16.2. The fourth-order valence-electron chi connectivity index (χ4n) is 3.35. The van der Waals surface area contributed by atoms with E-state index in [0.29, 0.717) is 0 Å². The van der Waals surface area contributed by atoms with Crippen molar-refractivity contribution in [1.82, 2.24) is 14.9 Å². The summed E-state index contributed by atoms with van der Waals surface area (Å²) in [6.45, 7) is 6.63. The van der Waals surface area contributed by atoms with Crippen molar-refractivity contribution in [3.63, 3.8) is 0 Å². The molecule has 1 aromatic carbocycles. The Morgan fingerprint density at radius 3 is 2.45 bits per heavy atom. The van der Waals surface area contributed by atoms with Crippen LogP contribution in [0.1, 0.15) is 23.4 Å². The number of hydrogen-bond donors (Lipinski definition) is 0. The first kappa shape index (κ1) is 20.3. The number of nitrogens with zero attached hydrogens (tertiary/aromatic N) is 4. The topological polar surface area (TPSA) is 32.3 Å². The minimum absolute atomic E-state index is 0.637. The molecular formula is C20H21F3N4S2. The fourth-order valence-corrected chi connectivity index (χ4v) is 5.02. The van der Waals surface area contributed by atoms with E-state index in [0.717, 1.165) is 78.4 Å². The lowest BCUT2D eigenvalue weighted by Crippen LogP contribution is -2.30. The Hall–Kier alpha value is -1.97. The van der Waals surface area contributed by atoms with Crippen molar-refractivity contribution < 1.29 is 13.2 Å². The Labute approximate surface area is 175 Å². The zero-order valence-electron chi connectivity index (χ0n) is 15.9. The first-order chi connectivity index (χ1) is 13.9. The van der Waals surface area contributed by atoms with Crippen molar-refractivity contribution in [1.29, 1.82) is 0 Å². The highest BCUT2D eigenvalue weighted by molar-refractivity contribution is 7.13. The first-order valence-corrected chi connectivity index (χ1v) is 11.2. The van der Waals surface area contributed by atoms with Crippen LogP contribution in [0.3, 0.4) is 0 Å². The molecule has 4 rings (SSSR count). The van der Waals surface area contributed by atoms with Gasteiger partial charge in [0, 0.05) is 49.0 Å². The molecule has 0 amide bonds. The largest absolute Gasteiger partial charge is 0.416 e. The van der Waals surface area contributed by atoms with Gasteiger partial charge < -0.3 is 4.90 Å². The Bertz CT molecular complexity index is 949. The van der Waals surface area contributed by atoms with Gasteiger partial charge >= 0.3 is 6.18 Å². The quantitative estimate of drug-likeness (QED) is 0.553. The lowest BCUT2D eigenvalue weighted by atomic mass is 10.1. The van der Waals surface area contributed by atoms with Crippen molar-refractivity contribution in [2.24, 2.45) is 0 Å². The summed E-state index contributed by atoms with van der Waals surface area (Å²) in [4.78, 5) is 14.0. The number of alkyl halides is 3. The number of anilines is 1. The van der Waals surface area contributed by atoms with Gasteiger partial charge in [-0.1, -0.05) is 12.1 Å². The van der Waals surface area contributed by atoms with Crippen molar-refractivity contribution in [3.8, 4) is 10.6 Å². The molecule has 0 aliphatic carbocycles. The van der Waals surface area contributed by atoms with Crippen LogP contribution in [0.25, 0.3) is 10.6 Å². The van der Waals surface area contributed by atoms with Crippen LogP contribution in [0, 0.1) is 6.92 Å². The average molecular weight is 439 g/mol. The van der Waals surface area contributed by atoms with E-state index >= 15 is 0 Å². The predicted molar refractivity (Wildman–Crippen MR) is 112 cm³/mol. The van der Waals surface area contributed by atoms with Crippen LogP contribution in [0.5, 0.6) is 0 Å². The van der Waals surface area contributed by atoms with Crippen LogP contribution in [0.4, 0.5) is 18.3 Å². The maximum atomic E-state index is 12.7. The van der Waals surface area contributed by atoms with Crippen LogP contribution < -0.4 is 4.90 Å². The molecule has 1 aliphatic heterocycles. The monoisotopic (exact) mass is 438 g/mol. The van der Waals surface area contributed by atoms with Crippen molar-refractivity contribution >= 4 is 27.8 Å². The predicted octanol–water partition coefficient (Wildman–Crippen LogP) is 5.31. The highest BCUT2D eigenvalue weighted by Crippen LogP contribution is 2.32. The number of hydrogen-bond acceptors (Lipinski definition) is 6. The number of benzene rings is 1. The van der Waals surface area contributed by atoms with E-state index in [1.54, 1.807) is 11.3 Å². The maximum Gasteiger partial charge on any atom is 0.416 e. The molecular weight excluding hydrogens is 417 g/mol. The van der Waals surface area contributed by atoms with E-state index in [1.807, 2.05) is 12.3 Å². The fraction of sp³-hybridized carbons (Fsp3) is 0.400. The molecule has 1 aliphatic rings. The van der Waals surface area contributed by atoms with E-state index in [1.165, 1.54) is 23.5 Å². The van der Waals surface area contributed by atoms with Gasteiger partial charge in [0.2, 0.25) is 0 Å². The third-order valence-corrected chi connectivity index (χ3v) is 6.82. The van der Waals surface area contributed by atoms with Crippen LogP contribution in [-0.2, 0) is 12.7 Å². The molecule has 1 fully saturated rings. The molecule has 0 spiro atoms. The summed E-state index contributed by atoms with van der Waals surface area (Å²) in [6.07, 6.45) is -3.25. The number of rotatable bonds is 4. The third kappa shape index (κ3) is 4.96. The smallest absolute Gasteiger partial charge is 0.347 e. The summed E-state index contributed by atoms with van der Waals surface area (Å²) in [5, 5.41) is 5.92. The van der Waals surface area contributed by atoms with Crippen LogP contribution in [0.2, 0.25) is 0 Å². The van der Waals surface area contributed by atoms with E-state index in [4.69, 9.17) is 0 Å². The molecule has 4 nitrogen and oxygen atoms in total. The zero-order chi connectivity index (χ0) is 20.4. The molecule has 0 bridgehead atoms. The maximum absolute atomic E-state index is 12.7. The second-order valence-electron chi connectivity index (χ2n) is 7.11. The summed E-state index contributed by atoms with van der Waals surface area (Å²) in [5.41, 5.74) is 2.10. The summed E-state index contributed by atoms with van der Waals surface area (Å²) < 4.78 is 38.2. The van der Waals surface area contributed by atoms with Crippen LogP contribution in [0.15, 0.2) is 35.0 Å². The molecule has 1 saturated heterocycles. The second-order valence-corrected chi connectivity index (χ2v) is 8.80. The van der Waals surface area contributed by atoms with Gasteiger partial charge in [-0.3, -0.25) is 4.90 Å². The van der Waals surface area contributed by atoms with Gasteiger partial charge in [0.1, 0.15) is 5.01 Å². The molecule has 29 heavy (non-hydrogen) atoms. The SMILES string of the molecule is Cc1csc(N2CCCN(Cc3csc(-c4ccc(C(F)(F)F)cc4)n3)CC2)n1. The molecule has 2 aromatic heterocycles. The number of halogens is 3. The van der Waals surface area contributed by atoms with E-state index in [9.17, 15) is 13.2 Å². The molecule has 0 N–H and O–H groups in total. The number of thiazole rings is 2. The Kier molecular flexibility index (Phi) is 5.89. The van der Waals surface area contributed by atoms with E-state index in [2.05, 4.69) is 25.1 Å². The highest BCUT2D eigenvalue weighted by atomic mass is 32.1. The molecule has 0 atom stereocenters. The summed E-state index contributed by atoms with van der Waals surface area (Å²) in [7, 11) is 0. The molecule has 0 saturated carbocycles. The summed E-state index contributed by atoms with van der Waals surface area (Å²) in [6, 6.07) is 5.21. The van der Waals surface area contributed by atoms with Crippen LogP contribution in [-0.4, -0.2) is 41.0 Å². The molecule has 0 radical (unpaired) electrons.